The van der Waals surface area contributed by atoms with Gasteiger partial charge >= 0.3 is 0 Å². The summed E-state index contributed by atoms with van der Waals surface area (Å²) in [7, 11) is 0. The molecule has 0 saturated carbocycles. The van der Waals surface area contributed by atoms with Crippen molar-refractivity contribution in [2.45, 2.75) is 25.0 Å². The zero-order valence-electron chi connectivity index (χ0n) is 16.5. The van der Waals surface area contributed by atoms with Crippen molar-refractivity contribution in [3.63, 3.8) is 0 Å². The van der Waals surface area contributed by atoms with Gasteiger partial charge in [0, 0.05) is 17.8 Å². The van der Waals surface area contributed by atoms with Gasteiger partial charge in [0.2, 0.25) is 0 Å². The van der Waals surface area contributed by atoms with Crippen LogP contribution < -0.4 is 10.9 Å². The number of fused-ring (bicyclic) bond motifs is 1. The molecule has 3 aromatic heterocycles. The van der Waals surface area contributed by atoms with E-state index in [1.165, 1.54) is 10.7 Å². The van der Waals surface area contributed by atoms with Gasteiger partial charge in [0.05, 0.1) is 28.9 Å². The highest BCUT2D eigenvalue weighted by atomic mass is 16.3. The van der Waals surface area contributed by atoms with E-state index < -0.39 is 5.60 Å². The molecule has 4 aromatic rings. The van der Waals surface area contributed by atoms with E-state index in [1.807, 2.05) is 59.2 Å². The molecule has 7 nitrogen and oxygen atoms in total. The van der Waals surface area contributed by atoms with Gasteiger partial charge in [0.1, 0.15) is 5.69 Å². The Kier molecular flexibility index (Phi) is 4.69. The fraction of sp³-hybridized carbons (Fsp3) is 0.261. The van der Waals surface area contributed by atoms with Crippen molar-refractivity contribution in [3.8, 4) is 22.5 Å². The van der Waals surface area contributed by atoms with Gasteiger partial charge in [0.25, 0.3) is 5.56 Å². The summed E-state index contributed by atoms with van der Waals surface area (Å²) in [6.45, 7) is 1.65. The molecule has 152 valence electrons. The molecular weight excluding hydrogens is 378 g/mol. The quantitative estimate of drug-likeness (QED) is 0.548. The molecule has 0 unspecified atom stereocenters. The Bertz CT molecular complexity index is 1240. The summed E-state index contributed by atoms with van der Waals surface area (Å²) in [5.74, 6) is 0. The number of pyridine rings is 1. The average Bonchev–Trinajstić information content (AvgIpc) is 3.16. The van der Waals surface area contributed by atoms with E-state index in [-0.39, 0.29) is 12.1 Å². The minimum atomic E-state index is -0.927. The van der Waals surface area contributed by atoms with Crippen LogP contribution in [-0.2, 0) is 6.54 Å². The monoisotopic (exact) mass is 401 g/mol. The van der Waals surface area contributed by atoms with Crippen LogP contribution in [0.25, 0.3) is 28.0 Å². The minimum Gasteiger partial charge on any atom is -0.388 e. The first-order chi connectivity index (χ1) is 14.6. The van der Waals surface area contributed by atoms with Crippen LogP contribution in [0.3, 0.4) is 0 Å². The summed E-state index contributed by atoms with van der Waals surface area (Å²) in [6.07, 6.45) is 3.09. The van der Waals surface area contributed by atoms with Crippen LogP contribution >= 0.6 is 0 Å². The molecule has 0 aliphatic carbocycles. The zero-order valence-corrected chi connectivity index (χ0v) is 16.5. The van der Waals surface area contributed by atoms with E-state index >= 15 is 0 Å². The Balaban J connectivity index is 1.65. The maximum absolute atomic E-state index is 12.5. The van der Waals surface area contributed by atoms with Crippen molar-refractivity contribution in [2.24, 2.45) is 0 Å². The molecule has 5 rings (SSSR count). The van der Waals surface area contributed by atoms with Crippen LogP contribution in [0, 0.1) is 0 Å². The summed E-state index contributed by atoms with van der Waals surface area (Å²) < 4.78 is 3.22. The van der Waals surface area contributed by atoms with Gasteiger partial charge in [-0.25, -0.2) is 9.20 Å². The number of hydrogen-bond acceptors (Lipinski definition) is 5. The van der Waals surface area contributed by atoms with Gasteiger partial charge in [-0.3, -0.25) is 4.79 Å². The molecule has 0 radical (unpaired) electrons. The molecule has 1 fully saturated rings. The molecule has 1 aromatic carbocycles. The fourth-order valence-electron chi connectivity index (χ4n) is 4.07. The van der Waals surface area contributed by atoms with E-state index in [0.29, 0.717) is 18.5 Å². The number of benzene rings is 1. The zero-order chi connectivity index (χ0) is 20.6. The molecule has 0 spiro atoms. The molecular formula is C23H23N5O2. The highest BCUT2D eigenvalue weighted by molar-refractivity contribution is 5.90. The first-order valence-electron chi connectivity index (χ1n) is 10.2. The second-order valence-corrected chi connectivity index (χ2v) is 7.81. The number of hydrogen-bond donors (Lipinski definition) is 2. The molecule has 1 saturated heterocycles. The number of aliphatic hydroxyl groups is 1. The minimum absolute atomic E-state index is 0.182. The lowest BCUT2D eigenvalue weighted by Gasteiger charge is -2.32. The van der Waals surface area contributed by atoms with Crippen molar-refractivity contribution >= 4 is 5.52 Å². The van der Waals surface area contributed by atoms with Crippen LogP contribution in [0.2, 0.25) is 0 Å². The Labute approximate surface area is 173 Å². The van der Waals surface area contributed by atoms with Crippen LogP contribution in [-0.4, -0.2) is 43.2 Å². The average molecular weight is 401 g/mol. The van der Waals surface area contributed by atoms with Gasteiger partial charge in [-0.05, 0) is 44.1 Å². The molecule has 0 atom stereocenters. The predicted octanol–water partition coefficient (Wildman–Crippen LogP) is 2.34. The lowest BCUT2D eigenvalue weighted by Crippen LogP contribution is -2.46. The highest BCUT2D eigenvalue weighted by Crippen LogP contribution is 2.33. The molecule has 0 amide bonds. The van der Waals surface area contributed by atoms with E-state index in [1.54, 1.807) is 6.07 Å². The van der Waals surface area contributed by atoms with Gasteiger partial charge in [-0.15, -0.1) is 0 Å². The molecule has 7 heteroatoms. The topological polar surface area (TPSA) is 84.5 Å². The second-order valence-electron chi connectivity index (χ2n) is 7.81. The van der Waals surface area contributed by atoms with Crippen LogP contribution in [0.15, 0.2) is 71.7 Å². The van der Waals surface area contributed by atoms with Crippen molar-refractivity contribution in [3.05, 3.63) is 77.2 Å². The SMILES string of the molecule is O=c1ccc(-c2c(-c3ccccc3)nn3ccccc23)nn1CC1(O)CCNCC1. The van der Waals surface area contributed by atoms with Crippen LogP contribution in [0.1, 0.15) is 12.8 Å². The summed E-state index contributed by atoms with van der Waals surface area (Å²) in [5.41, 5.74) is 3.08. The summed E-state index contributed by atoms with van der Waals surface area (Å²) in [6, 6.07) is 19.1. The van der Waals surface area contributed by atoms with E-state index in [0.717, 1.165) is 35.4 Å². The van der Waals surface area contributed by atoms with Crippen molar-refractivity contribution < 1.29 is 5.11 Å². The molecule has 0 bridgehead atoms. The lowest BCUT2D eigenvalue weighted by molar-refractivity contribution is -0.00934. The lowest BCUT2D eigenvalue weighted by atomic mass is 9.92. The summed E-state index contributed by atoms with van der Waals surface area (Å²) in [4.78, 5) is 12.5. The van der Waals surface area contributed by atoms with Crippen LogP contribution in [0.4, 0.5) is 0 Å². The molecule has 4 heterocycles. The first-order valence-corrected chi connectivity index (χ1v) is 10.2. The van der Waals surface area contributed by atoms with Gasteiger partial charge in [0.15, 0.2) is 0 Å². The van der Waals surface area contributed by atoms with Gasteiger partial charge < -0.3 is 10.4 Å². The number of aromatic nitrogens is 4. The van der Waals surface area contributed by atoms with E-state index in [2.05, 4.69) is 10.4 Å². The van der Waals surface area contributed by atoms with Gasteiger partial charge in [-0.2, -0.15) is 10.2 Å². The largest absolute Gasteiger partial charge is 0.388 e. The normalized spacial score (nSPS) is 16.0. The summed E-state index contributed by atoms with van der Waals surface area (Å²) in [5, 5.41) is 23.6. The Hall–Kier alpha value is -3.29. The third-order valence-electron chi connectivity index (χ3n) is 5.69. The smallest absolute Gasteiger partial charge is 0.266 e. The molecule has 1 aliphatic rings. The van der Waals surface area contributed by atoms with Crippen molar-refractivity contribution in [1.29, 1.82) is 0 Å². The van der Waals surface area contributed by atoms with Crippen molar-refractivity contribution in [1.82, 2.24) is 24.7 Å². The number of piperidine rings is 1. The Morgan fingerprint density at radius 1 is 0.967 bits per heavy atom. The third-order valence-corrected chi connectivity index (χ3v) is 5.69. The highest BCUT2D eigenvalue weighted by Gasteiger charge is 2.30. The van der Waals surface area contributed by atoms with E-state index in [4.69, 9.17) is 5.10 Å². The fourth-order valence-corrected chi connectivity index (χ4v) is 4.07. The number of rotatable bonds is 4. The Morgan fingerprint density at radius 3 is 2.53 bits per heavy atom. The molecule has 30 heavy (non-hydrogen) atoms. The number of nitrogens with one attached hydrogen (secondary N) is 1. The maximum atomic E-state index is 12.5. The predicted molar refractivity (Wildman–Crippen MR) is 115 cm³/mol. The van der Waals surface area contributed by atoms with Crippen molar-refractivity contribution in [2.75, 3.05) is 13.1 Å². The number of nitrogens with zero attached hydrogens (tertiary/aromatic N) is 4. The van der Waals surface area contributed by atoms with Gasteiger partial charge in [-0.1, -0.05) is 36.4 Å². The molecule has 1 aliphatic heterocycles. The Morgan fingerprint density at radius 2 is 1.73 bits per heavy atom. The first kappa shape index (κ1) is 18.7. The third kappa shape index (κ3) is 3.42. The standard InChI is InChI=1S/C23H23N5O2/c29-20-10-9-18(25-28(20)16-23(30)11-13-24-14-12-23)21-19-8-4-5-15-27(19)26-22(21)17-6-2-1-3-7-17/h1-10,15,24,30H,11-14,16H2. The summed E-state index contributed by atoms with van der Waals surface area (Å²) >= 11 is 0. The molecule has 2 N–H and O–H groups in total. The maximum Gasteiger partial charge on any atom is 0.266 e. The second kappa shape index (κ2) is 7.51. The van der Waals surface area contributed by atoms with E-state index in [9.17, 15) is 9.90 Å². The van der Waals surface area contributed by atoms with Crippen LogP contribution in [0.5, 0.6) is 0 Å².